The molecular formula is C23H23N3O3. The summed E-state index contributed by atoms with van der Waals surface area (Å²) >= 11 is 0. The lowest BCUT2D eigenvalue weighted by molar-refractivity contribution is -0.153. The van der Waals surface area contributed by atoms with Crippen molar-refractivity contribution in [2.75, 3.05) is 18.0 Å². The van der Waals surface area contributed by atoms with E-state index in [4.69, 9.17) is 0 Å². The summed E-state index contributed by atoms with van der Waals surface area (Å²) in [7, 11) is 0. The Labute approximate surface area is 169 Å². The topological polar surface area (TPSA) is 69.7 Å². The van der Waals surface area contributed by atoms with Crippen molar-refractivity contribution >= 4 is 23.5 Å². The van der Waals surface area contributed by atoms with Gasteiger partial charge in [-0.1, -0.05) is 48.5 Å². The van der Waals surface area contributed by atoms with E-state index in [1.54, 1.807) is 0 Å². The van der Waals surface area contributed by atoms with Crippen molar-refractivity contribution in [3.63, 3.8) is 0 Å². The highest BCUT2D eigenvalue weighted by Gasteiger charge is 2.62. The number of nitrogens with zero attached hydrogens (tertiary/aromatic N) is 2. The number of hydrogen-bond donors (Lipinski definition) is 1. The molecule has 0 unspecified atom stereocenters. The maximum atomic E-state index is 13.7. The Kier molecular flexibility index (Phi) is 4.15. The molecule has 1 N–H and O–H groups in total. The third-order valence-corrected chi connectivity index (χ3v) is 6.56. The second-order valence-corrected chi connectivity index (χ2v) is 8.08. The number of imide groups is 2. The number of barbiturate groups is 1. The molecule has 3 aliphatic heterocycles. The van der Waals surface area contributed by atoms with E-state index >= 15 is 0 Å². The number of benzene rings is 2. The van der Waals surface area contributed by atoms with Gasteiger partial charge in [0.1, 0.15) is 0 Å². The van der Waals surface area contributed by atoms with Crippen LogP contribution in [0.2, 0.25) is 0 Å². The van der Waals surface area contributed by atoms with Gasteiger partial charge in [-0.3, -0.25) is 19.8 Å². The van der Waals surface area contributed by atoms with E-state index in [0.29, 0.717) is 12.8 Å². The van der Waals surface area contributed by atoms with Crippen LogP contribution in [0.3, 0.4) is 0 Å². The quantitative estimate of drug-likeness (QED) is 0.819. The molecule has 0 bridgehead atoms. The summed E-state index contributed by atoms with van der Waals surface area (Å²) in [6.45, 7) is 1.08. The van der Waals surface area contributed by atoms with E-state index in [-0.39, 0.29) is 18.5 Å². The maximum absolute atomic E-state index is 13.7. The largest absolute Gasteiger partial charge is 0.367 e. The summed E-state index contributed by atoms with van der Waals surface area (Å²) in [6.07, 6.45) is 2.60. The number of urea groups is 1. The van der Waals surface area contributed by atoms with Crippen LogP contribution in [-0.4, -0.2) is 41.9 Å². The molecule has 3 aliphatic rings. The Morgan fingerprint density at radius 1 is 1.00 bits per heavy atom. The molecule has 1 spiro atoms. The lowest BCUT2D eigenvalue weighted by Gasteiger charge is -2.49. The molecule has 6 heteroatoms. The second-order valence-electron chi connectivity index (χ2n) is 8.08. The Bertz CT molecular complexity index is 990. The van der Waals surface area contributed by atoms with E-state index in [0.717, 1.165) is 36.2 Å². The molecule has 0 saturated carbocycles. The van der Waals surface area contributed by atoms with E-state index in [1.807, 2.05) is 48.5 Å². The molecule has 29 heavy (non-hydrogen) atoms. The number of amides is 4. The van der Waals surface area contributed by atoms with Crippen LogP contribution in [0.25, 0.3) is 0 Å². The molecule has 0 aliphatic carbocycles. The number of para-hydroxylation sites is 1. The summed E-state index contributed by atoms with van der Waals surface area (Å²) in [5.74, 6) is -0.802. The highest BCUT2D eigenvalue weighted by molar-refractivity contribution is 6.20. The molecule has 148 valence electrons. The van der Waals surface area contributed by atoms with Gasteiger partial charge in [-0.05, 0) is 42.9 Å². The predicted molar refractivity (Wildman–Crippen MR) is 108 cm³/mol. The summed E-state index contributed by atoms with van der Waals surface area (Å²) in [5, 5.41) is 2.50. The Morgan fingerprint density at radius 3 is 2.59 bits per heavy atom. The summed E-state index contributed by atoms with van der Waals surface area (Å²) in [5.41, 5.74) is 1.91. The van der Waals surface area contributed by atoms with E-state index in [2.05, 4.69) is 16.3 Å². The normalized spacial score (nSPS) is 25.8. The zero-order valence-electron chi connectivity index (χ0n) is 16.1. The molecule has 2 aromatic rings. The molecule has 0 aromatic heterocycles. The van der Waals surface area contributed by atoms with Gasteiger partial charge in [-0.15, -0.1) is 0 Å². The highest BCUT2D eigenvalue weighted by atomic mass is 16.2. The van der Waals surface area contributed by atoms with Gasteiger partial charge < -0.3 is 4.90 Å². The van der Waals surface area contributed by atoms with Gasteiger partial charge in [0.15, 0.2) is 5.41 Å². The van der Waals surface area contributed by atoms with Crippen LogP contribution in [0.1, 0.15) is 24.0 Å². The third-order valence-electron chi connectivity index (χ3n) is 6.56. The van der Waals surface area contributed by atoms with Crippen molar-refractivity contribution < 1.29 is 14.4 Å². The number of hydrogen-bond acceptors (Lipinski definition) is 4. The minimum Gasteiger partial charge on any atom is -0.367 e. The first-order valence-corrected chi connectivity index (χ1v) is 10.2. The van der Waals surface area contributed by atoms with Gasteiger partial charge in [0.25, 0.3) is 0 Å². The van der Waals surface area contributed by atoms with Crippen LogP contribution in [0.15, 0.2) is 54.6 Å². The van der Waals surface area contributed by atoms with Crippen LogP contribution < -0.4 is 10.2 Å². The lowest BCUT2D eigenvalue weighted by Crippen LogP contribution is -2.71. The minimum atomic E-state index is -1.24. The minimum absolute atomic E-state index is 0.211. The van der Waals surface area contributed by atoms with Gasteiger partial charge in [-0.2, -0.15) is 0 Å². The summed E-state index contributed by atoms with van der Waals surface area (Å²) < 4.78 is 0. The van der Waals surface area contributed by atoms with Crippen molar-refractivity contribution in [2.24, 2.45) is 5.41 Å². The Morgan fingerprint density at radius 2 is 1.76 bits per heavy atom. The number of nitrogens with one attached hydrogen (secondary N) is 1. The van der Waals surface area contributed by atoms with Crippen LogP contribution in [-0.2, 0) is 22.4 Å². The smallest absolute Gasteiger partial charge is 0.330 e. The summed E-state index contributed by atoms with van der Waals surface area (Å²) in [4.78, 5) is 42.9. The first kappa shape index (κ1) is 17.9. The van der Waals surface area contributed by atoms with E-state index < -0.39 is 17.4 Å². The van der Waals surface area contributed by atoms with E-state index in [9.17, 15) is 14.4 Å². The molecule has 0 radical (unpaired) electrons. The number of anilines is 1. The Hall–Kier alpha value is -3.15. The van der Waals surface area contributed by atoms with E-state index in [1.165, 1.54) is 4.90 Å². The SMILES string of the molecule is O=C1NC(=O)[C@@]2(Cc3ccccc3N3CCC[C@H]32)C(=O)N1CCc1ccccc1. The molecule has 4 amide bonds. The van der Waals surface area contributed by atoms with Gasteiger partial charge in [0, 0.05) is 18.8 Å². The zero-order valence-corrected chi connectivity index (χ0v) is 16.1. The lowest BCUT2D eigenvalue weighted by atomic mass is 9.68. The van der Waals surface area contributed by atoms with Crippen molar-refractivity contribution in [3.8, 4) is 0 Å². The van der Waals surface area contributed by atoms with Gasteiger partial charge in [-0.25, -0.2) is 4.79 Å². The van der Waals surface area contributed by atoms with Crippen molar-refractivity contribution in [2.45, 2.75) is 31.7 Å². The fraction of sp³-hybridized carbons (Fsp3) is 0.348. The second kappa shape index (κ2) is 6.72. The average molecular weight is 389 g/mol. The van der Waals surface area contributed by atoms with Crippen LogP contribution >= 0.6 is 0 Å². The molecule has 2 atom stereocenters. The third kappa shape index (κ3) is 2.66. The van der Waals surface area contributed by atoms with Crippen molar-refractivity contribution in [3.05, 3.63) is 65.7 Å². The zero-order chi connectivity index (χ0) is 20.0. The van der Waals surface area contributed by atoms with Crippen molar-refractivity contribution in [1.29, 1.82) is 0 Å². The number of carbonyl (C=O) groups is 3. The first-order chi connectivity index (χ1) is 14.1. The average Bonchev–Trinajstić information content (AvgIpc) is 3.23. The molecular weight excluding hydrogens is 366 g/mol. The predicted octanol–water partition coefficient (Wildman–Crippen LogP) is 2.52. The number of carbonyl (C=O) groups excluding carboxylic acids is 3. The fourth-order valence-corrected chi connectivity index (χ4v) is 5.17. The van der Waals surface area contributed by atoms with Gasteiger partial charge in [0.05, 0.1) is 6.04 Å². The molecule has 2 fully saturated rings. The van der Waals surface area contributed by atoms with Crippen LogP contribution in [0.4, 0.5) is 10.5 Å². The maximum Gasteiger partial charge on any atom is 0.330 e. The molecule has 5 rings (SSSR count). The summed E-state index contributed by atoms with van der Waals surface area (Å²) in [6, 6.07) is 16.9. The molecule has 6 nitrogen and oxygen atoms in total. The molecule has 2 saturated heterocycles. The van der Waals surface area contributed by atoms with Gasteiger partial charge >= 0.3 is 6.03 Å². The highest BCUT2D eigenvalue weighted by Crippen LogP contribution is 2.48. The Balaban J connectivity index is 1.51. The standard InChI is InChI=1S/C23H23N3O3/c27-20-23(15-17-9-4-5-10-18(17)25-13-6-11-19(23)25)21(28)26(22(29)24-20)14-12-16-7-2-1-3-8-16/h1-5,7-10,19H,6,11-15H2,(H,24,27,29)/t19-,23-/m0/s1. The van der Waals surface area contributed by atoms with Crippen LogP contribution in [0, 0.1) is 5.41 Å². The molecule has 2 aromatic carbocycles. The fourth-order valence-electron chi connectivity index (χ4n) is 5.17. The monoisotopic (exact) mass is 389 g/mol. The first-order valence-electron chi connectivity index (χ1n) is 10.2. The van der Waals surface area contributed by atoms with Crippen molar-refractivity contribution in [1.82, 2.24) is 10.2 Å². The molecule has 3 heterocycles. The number of fused-ring (bicyclic) bond motifs is 4. The number of rotatable bonds is 3. The van der Waals surface area contributed by atoms with Crippen LogP contribution in [0.5, 0.6) is 0 Å². The van der Waals surface area contributed by atoms with Gasteiger partial charge in [0.2, 0.25) is 11.8 Å².